The lowest BCUT2D eigenvalue weighted by Crippen LogP contribution is -2.47. The lowest BCUT2D eigenvalue weighted by molar-refractivity contribution is 0.135. The van der Waals surface area contributed by atoms with Crippen molar-refractivity contribution in [1.82, 2.24) is 20.2 Å². The number of H-pyrrole nitrogens is 1. The standard InChI is InChI=1S/C26H27N5O2S/c32-24-21-15-22(18-9-3-1-4-10-18)34-25(21)30-23(29-24)17-31-14-8-7-13-20(31)16-27-26(33)28-19-11-5-2-6-12-19/h1-6,9-12,15,20H,7-8,13-14,16-17H2,(H2,27,28,33)(H,29,30,32). The van der Waals surface area contributed by atoms with Crippen LogP contribution in [-0.2, 0) is 6.54 Å². The van der Waals surface area contributed by atoms with E-state index in [0.29, 0.717) is 24.3 Å². The first-order valence-electron chi connectivity index (χ1n) is 11.6. The number of aromatic nitrogens is 2. The van der Waals surface area contributed by atoms with Crippen LogP contribution in [-0.4, -0.2) is 40.0 Å². The molecule has 0 bridgehead atoms. The van der Waals surface area contributed by atoms with Gasteiger partial charge in [-0.15, -0.1) is 11.3 Å². The molecular weight excluding hydrogens is 446 g/mol. The van der Waals surface area contributed by atoms with Gasteiger partial charge in [0.05, 0.1) is 11.9 Å². The highest BCUT2D eigenvalue weighted by Gasteiger charge is 2.24. The molecule has 4 aromatic rings. The number of carbonyl (C=O) groups is 1. The Bertz CT molecular complexity index is 1320. The van der Waals surface area contributed by atoms with Gasteiger partial charge in [-0.2, -0.15) is 0 Å². The number of benzene rings is 2. The largest absolute Gasteiger partial charge is 0.336 e. The van der Waals surface area contributed by atoms with Gasteiger partial charge in [0.2, 0.25) is 0 Å². The summed E-state index contributed by atoms with van der Waals surface area (Å²) in [4.78, 5) is 37.0. The molecule has 1 aliphatic heterocycles. The minimum atomic E-state index is -0.211. The van der Waals surface area contributed by atoms with Gasteiger partial charge >= 0.3 is 6.03 Å². The van der Waals surface area contributed by atoms with Crippen molar-refractivity contribution in [1.29, 1.82) is 0 Å². The number of piperidine rings is 1. The predicted octanol–water partition coefficient (Wildman–Crippen LogP) is 4.83. The number of hydrogen-bond acceptors (Lipinski definition) is 5. The average molecular weight is 474 g/mol. The number of thiophene rings is 1. The summed E-state index contributed by atoms with van der Waals surface area (Å²) < 4.78 is 0. The molecule has 0 radical (unpaired) electrons. The molecule has 3 heterocycles. The van der Waals surface area contributed by atoms with E-state index in [-0.39, 0.29) is 17.6 Å². The summed E-state index contributed by atoms with van der Waals surface area (Å²) in [5.74, 6) is 0.666. The first-order valence-corrected chi connectivity index (χ1v) is 12.4. The molecule has 2 aromatic carbocycles. The van der Waals surface area contributed by atoms with E-state index >= 15 is 0 Å². The van der Waals surface area contributed by atoms with Crippen molar-refractivity contribution < 1.29 is 4.79 Å². The third-order valence-corrected chi connectivity index (χ3v) is 7.22. The molecule has 1 unspecified atom stereocenters. The molecule has 1 fully saturated rings. The normalized spacial score (nSPS) is 16.4. The number of urea groups is 1. The molecular formula is C26H27N5O2S. The molecule has 0 spiro atoms. The number of likely N-dealkylation sites (tertiary alicyclic amines) is 1. The van der Waals surface area contributed by atoms with Crippen molar-refractivity contribution in [3.8, 4) is 10.4 Å². The maximum atomic E-state index is 12.8. The first kappa shape index (κ1) is 22.3. The Morgan fingerprint density at radius 2 is 1.85 bits per heavy atom. The van der Waals surface area contributed by atoms with Gasteiger partial charge in [-0.3, -0.25) is 9.69 Å². The highest BCUT2D eigenvalue weighted by molar-refractivity contribution is 7.21. The molecule has 3 N–H and O–H groups in total. The molecule has 2 amide bonds. The zero-order valence-electron chi connectivity index (χ0n) is 18.8. The van der Waals surface area contributed by atoms with Crippen LogP contribution in [0.2, 0.25) is 0 Å². The molecule has 2 aromatic heterocycles. The van der Waals surface area contributed by atoms with E-state index < -0.39 is 0 Å². The SMILES string of the molecule is O=C(NCC1CCCCN1Cc1nc2sc(-c3ccccc3)cc2c(=O)[nH]1)Nc1ccccc1. The van der Waals surface area contributed by atoms with E-state index in [9.17, 15) is 9.59 Å². The zero-order chi connectivity index (χ0) is 23.3. The fourth-order valence-corrected chi connectivity index (χ4v) is 5.45. The minimum absolute atomic E-state index is 0.104. The third kappa shape index (κ3) is 5.18. The van der Waals surface area contributed by atoms with Crippen molar-refractivity contribution in [3.63, 3.8) is 0 Å². The second kappa shape index (κ2) is 10.2. The van der Waals surface area contributed by atoms with Gasteiger partial charge in [0, 0.05) is 23.2 Å². The van der Waals surface area contributed by atoms with Crippen LogP contribution in [0.3, 0.4) is 0 Å². The summed E-state index contributed by atoms with van der Waals surface area (Å²) in [5, 5.41) is 6.49. The van der Waals surface area contributed by atoms with Crippen molar-refractivity contribution in [2.24, 2.45) is 0 Å². The van der Waals surface area contributed by atoms with Gasteiger partial charge in [-0.1, -0.05) is 55.0 Å². The van der Waals surface area contributed by atoms with Gasteiger partial charge in [0.15, 0.2) is 0 Å². The van der Waals surface area contributed by atoms with E-state index in [1.54, 1.807) is 11.3 Å². The maximum Gasteiger partial charge on any atom is 0.319 e. The van der Waals surface area contributed by atoms with Crippen LogP contribution in [0.1, 0.15) is 25.1 Å². The number of anilines is 1. The number of para-hydroxylation sites is 1. The predicted molar refractivity (Wildman–Crippen MR) is 137 cm³/mol. The molecule has 0 saturated carbocycles. The Balaban J connectivity index is 1.27. The lowest BCUT2D eigenvalue weighted by atomic mass is 10.0. The van der Waals surface area contributed by atoms with Crippen LogP contribution in [0.15, 0.2) is 71.5 Å². The van der Waals surface area contributed by atoms with Crippen LogP contribution in [0.4, 0.5) is 10.5 Å². The van der Waals surface area contributed by atoms with Crippen LogP contribution < -0.4 is 16.2 Å². The van der Waals surface area contributed by atoms with Gasteiger partial charge in [0.25, 0.3) is 5.56 Å². The Hall–Kier alpha value is -3.49. The lowest BCUT2D eigenvalue weighted by Gasteiger charge is -2.35. The second-order valence-corrected chi connectivity index (χ2v) is 9.56. The Morgan fingerprint density at radius 1 is 1.09 bits per heavy atom. The highest BCUT2D eigenvalue weighted by Crippen LogP contribution is 2.31. The molecule has 0 aliphatic carbocycles. The number of aromatic amines is 1. The number of carbonyl (C=O) groups excluding carboxylic acids is 1. The van der Waals surface area contributed by atoms with Gasteiger partial charge in [0.1, 0.15) is 10.7 Å². The number of rotatable bonds is 6. The van der Waals surface area contributed by atoms with Crippen molar-refractivity contribution in [2.75, 3.05) is 18.4 Å². The second-order valence-electron chi connectivity index (χ2n) is 8.53. The monoisotopic (exact) mass is 473 g/mol. The van der Waals surface area contributed by atoms with Gasteiger partial charge < -0.3 is 15.6 Å². The van der Waals surface area contributed by atoms with E-state index in [2.05, 4.69) is 20.5 Å². The number of nitrogens with zero attached hydrogens (tertiary/aromatic N) is 2. The summed E-state index contributed by atoms with van der Waals surface area (Å²) in [6.07, 6.45) is 3.21. The third-order valence-electron chi connectivity index (χ3n) is 6.14. The van der Waals surface area contributed by atoms with Gasteiger partial charge in [-0.05, 0) is 43.1 Å². The van der Waals surface area contributed by atoms with Crippen LogP contribution in [0.25, 0.3) is 20.7 Å². The smallest absolute Gasteiger partial charge is 0.319 e. The fourth-order valence-electron chi connectivity index (χ4n) is 4.39. The summed E-state index contributed by atoms with van der Waals surface area (Å²) in [6.45, 7) is 2.01. The molecule has 34 heavy (non-hydrogen) atoms. The number of fused-ring (bicyclic) bond motifs is 1. The average Bonchev–Trinajstić information content (AvgIpc) is 3.30. The molecule has 5 rings (SSSR count). The van der Waals surface area contributed by atoms with Crippen LogP contribution >= 0.6 is 11.3 Å². The minimum Gasteiger partial charge on any atom is -0.336 e. The Morgan fingerprint density at radius 3 is 2.65 bits per heavy atom. The van der Waals surface area contributed by atoms with Crippen LogP contribution in [0, 0.1) is 0 Å². The Kier molecular flexibility index (Phi) is 6.69. The van der Waals surface area contributed by atoms with E-state index in [0.717, 1.165) is 46.8 Å². The van der Waals surface area contributed by atoms with E-state index in [1.807, 2.05) is 66.7 Å². The van der Waals surface area contributed by atoms with Gasteiger partial charge in [-0.25, -0.2) is 9.78 Å². The van der Waals surface area contributed by atoms with Crippen molar-refractivity contribution >= 4 is 33.3 Å². The molecule has 1 saturated heterocycles. The quantitative estimate of drug-likeness (QED) is 0.374. The Labute approximate surface area is 201 Å². The van der Waals surface area contributed by atoms with Crippen molar-refractivity contribution in [3.05, 3.63) is 82.9 Å². The first-order chi connectivity index (χ1) is 16.7. The molecule has 1 atom stereocenters. The maximum absolute atomic E-state index is 12.8. The fraction of sp³-hybridized carbons (Fsp3) is 0.269. The molecule has 1 aliphatic rings. The summed E-state index contributed by atoms with van der Waals surface area (Å²) in [7, 11) is 0. The topological polar surface area (TPSA) is 90.1 Å². The molecule has 174 valence electrons. The number of nitrogens with one attached hydrogen (secondary N) is 3. The number of hydrogen-bond donors (Lipinski definition) is 3. The molecule has 7 nitrogen and oxygen atoms in total. The zero-order valence-corrected chi connectivity index (χ0v) is 19.6. The summed E-state index contributed by atoms with van der Waals surface area (Å²) >= 11 is 1.54. The number of amides is 2. The van der Waals surface area contributed by atoms with Crippen LogP contribution in [0.5, 0.6) is 0 Å². The summed E-state index contributed by atoms with van der Waals surface area (Å²) in [5.41, 5.74) is 1.75. The van der Waals surface area contributed by atoms with Crippen molar-refractivity contribution in [2.45, 2.75) is 31.8 Å². The van der Waals surface area contributed by atoms with E-state index in [4.69, 9.17) is 4.98 Å². The summed E-state index contributed by atoms with van der Waals surface area (Å²) in [6, 6.07) is 21.4. The molecule has 8 heteroatoms. The highest BCUT2D eigenvalue weighted by atomic mass is 32.1. The van der Waals surface area contributed by atoms with E-state index in [1.165, 1.54) is 0 Å².